The predicted molar refractivity (Wildman–Crippen MR) is 88.5 cm³/mol. The number of amides is 2. The first kappa shape index (κ1) is 17.7. The second-order valence-electron chi connectivity index (χ2n) is 7.47. The first-order valence-corrected chi connectivity index (χ1v) is 8.26. The third-order valence-corrected chi connectivity index (χ3v) is 4.38. The van der Waals surface area contributed by atoms with Crippen LogP contribution in [-0.4, -0.2) is 23.3 Å². The minimum absolute atomic E-state index is 0.104. The lowest BCUT2D eigenvalue weighted by atomic mass is 9.82. The van der Waals surface area contributed by atoms with Crippen molar-refractivity contribution in [1.29, 1.82) is 0 Å². The predicted octanol–water partition coefficient (Wildman–Crippen LogP) is 3.52. The molecule has 0 saturated heterocycles. The number of aliphatic hydroxyl groups excluding tert-OH is 1. The van der Waals surface area contributed by atoms with E-state index in [2.05, 4.69) is 10.6 Å². The van der Waals surface area contributed by atoms with Crippen LogP contribution in [0.1, 0.15) is 58.1 Å². The van der Waals surface area contributed by atoms with E-state index < -0.39 is 0 Å². The highest BCUT2D eigenvalue weighted by atomic mass is 19.1. The van der Waals surface area contributed by atoms with E-state index in [1.807, 2.05) is 20.8 Å². The molecule has 1 saturated carbocycles. The van der Waals surface area contributed by atoms with Crippen molar-refractivity contribution in [3.05, 3.63) is 35.6 Å². The summed E-state index contributed by atoms with van der Waals surface area (Å²) in [6.07, 6.45) is 2.81. The lowest BCUT2D eigenvalue weighted by Crippen LogP contribution is -2.47. The van der Waals surface area contributed by atoms with Crippen molar-refractivity contribution in [2.75, 3.05) is 0 Å². The normalized spacial score (nSPS) is 23.2. The van der Waals surface area contributed by atoms with Crippen molar-refractivity contribution in [3.63, 3.8) is 0 Å². The molecule has 128 valence electrons. The summed E-state index contributed by atoms with van der Waals surface area (Å²) in [6.45, 7) is 6.12. The number of carbonyl (C=O) groups excluding carboxylic acids is 1. The van der Waals surface area contributed by atoms with Crippen LogP contribution in [0, 0.1) is 11.2 Å². The minimum atomic E-state index is -0.286. The Bertz CT molecular complexity index is 517. The fourth-order valence-electron chi connectivity index (χ4n) is 3.03. The minimum Gasteiger partial charge on any atom is -0.393 e. The van der Waals surface area contributed by atoms with Crippen LogP contribution in [-0.2, 0) is 0 Å². The molecule has 2 amide bonds. The van der Waals surface area contributed by atoms with Crippen molar-refractivity contribution < 1.29 is 14.3 Å². The maximum Gasteiger partial charge on any atom is 0.315 e. The molecule has 5 heteroatoms. The van der Waals surface area contributed by atoms with Gasteiger partial charge in [-0.1, -0.05) is 32.9 Å². The molecule has 1 aromatic carbocycles. The number of nitrogens with one attached hydrogen (secondary N) is 2. The Hall–Kier alpha value is -1.62. The standard InChI is InChI=1S/C18H27FN2O2/c1-18(2,3)16(12-4-6-13(19)7-5-12)21-17(23)20-14-8-10-15(22)11-9-14/h4-7,14-16,22H,8-11H2,1-3H3,(H2,20,21,23). The van der Waals surface area contributed by atoms with Crippen molar-refractivity contribution in [1.82, 2.24) is 10.6 Å². The molecular formula is C18H27FN2O2. The molecule has 23 heavy (non-hydrogen) atoms. The maximum absolute atomic E-state index is 13.1. The van der Waals surface area contributed by atoms with Gasteiger partial charge in [0, 0.05) is 6.04 Å². The summed E-state index contributed by atoms with van der Waals surface area (Å²) in [5, 5.41) is 15.5. The Labute approximate surface area is 137 Å². The van der Waals surface area contributed by atoms with Crippen molar-refractivity contribution in [2.24, 2.45) is 5.41 Å². The molecule has 0 aliphatic heterocycles. The number of benzene rings is 1. The highest BCUT2D eigenvalue weighted by molar-refractivity contribution is 5.75. The summed E-state index contributed by atoms with van der Waals surface area (Å²) in [7, 11) is 0. The van der Waals surface area contributed by atoms with Gasteiger partial charge in [0.05, 0.1) is 12.1 Å². The van der Waals surface area contributed by atoms with E-state index in [4.69, 9.17) is 0 Å². The zero-order valence-corrected chi connectivity index (χ0v) is 14.1. The molecule has 0 radical (unpaired) electrons. The van der Waals surface area contributed by atoms with Gasteiger partial charge in [0.15, 0.2) is 0 Å². The molecule has 4 nitrogen and oxygen atoms in total. The second-order valence-corrected chi connectivity index (χ2v) is 7.47. The summed E-state index contributed by atoms with van der Waals surface area (Å²) < 4.78 is 13.1. The van der Waals surface area contributed by atoms with Crippen LogP contribution in [0.5, 0.6) is 0 Å². The third kappa shape index (κ3) is 5.20. The van der Waals surface area contributed by atoms with Crippen LogP contribution < -0.4 is 10.6 Å². The lowest BCUT2D eigenvalue weighted by molar-refractivity contribution is 0.117. The van der Waals surface area contributed by atoms with Gasteiger partial charge in [0.2, 0.25) is 0 Å². The highest BCUT2D eigenvalue weighted by Gasteiger charge is 2.29. The first-order valence-electron chi connectivity index (χ1n) is 8.26. The number of hydrogen-bond donors (Lipinski definition) is 3. The Morgan fingerprint density at radius 1 is 1.17 bits per heavy atom. The van der Waals surface area contributed by atoms with Crippen LogP contribution in [0.3, 0.4) is 0 Å². The summed E-state index contributed by atoms with van der Waals surface area (Å²) in [4.78, 5) is 12.3. The molecule has 1 unspecified atom stereocenters. The van der Waals surface area contributed by atoms with Crippen molar-refractivity contribution in [3.8, 4) is 0 Å². The van der Waals surface area contributed by atoms with Crippen LogP contribution >= 0.6 is 0 Å². The van der Waals surface area contributed by atoms with E-state index >= 15 is 0 Å². The van der Waals surface area contributed by atoms with E-state index in [-0.39, 0.29) is 35.5 Å². The monoisotopic (exact) mass is 322 g/mol. The van der Waals surface area contributed by atoms with Gasteiger partial charge in [-0.3, -0.25) is 0 Å². The van der Waals surface area contributed by atoms with E-state index in [1.165, 1.54) is 12.1 Å². The molecule has 1 aliphatic carbocycles. The van der Waals surface area contributed by atoms with Gasteiger partial charge in [0.25, 0.3) is 0 Å². The molecular weight excluding hydrogens is 295 g/mol. The van der Waals surface area contributed by atoms with Gasteiger partial charge in [-0.25, -0.2) is 9.18 Å². The Kier molecular flexibility index (Phi) is 5.63. The lowest BCUT2D eigenvalue weighted by Gasteiger charge is -2.33. The fourth-order valence-corrected chi connectivity index (χ4v) is 3.03. The second kappa shape index (κ2) is 7.30. The largest absolute Gasteiger partial charge is 0.393 e. The number of halogens is 1. The third-order valence-electron chi connectivity index (χ3n) is 4.38. The van der Waals surface area contributed by atoms with Crippen LogP contribution in [0.2, 0.25) is 0 Å². The summed E-state index contributed by atoms with van der Waals surface area (Å²) in [6, 6.07) is 5.93. The van der Waals surface area contributed by atoms with Crippen molar-refractivity contribution >= 4 is 6.03 Å². The highest BCUT2D eigenvalue weighted by Crippen LogP contribution is 2.32. The van der Waals surface area contributed by atoms with Crippen LogP contribution in [0.15, 0.2) is 24.3 Å². The zero-order chi connectivity index (χ0) is 17.0. The Balaban J connectivity index is 2.00. The number of aliphatic hydroxyl groups is 1. The van der Waals surface area contributed by atoms with Gasteiger partial charge in [0.1, 0.15) is 5.82 Å². The van der Waals surface area contributed by atoms with Crippen LogP contribution in [0.4, 0.5) is 9.18 Å². The summed E-state index contributed by atoms with van der Waals surface area (Å²) >= 11 is 0. The molecule has 1 atom stereocenters. The molecule has 0 aromatic heterocycles. The summed E-state index contributed by atoms with van der Waals surface area (Å²) in [5.74, 6) is -0.286. The van der Waals surface area contributed by atoms with Gasteiger partial charge >= 0.3 is 6.03 Å². The topological polar surface area (TPSA) is 61.4 Å². The molecule has 0 bridgehead atoms. The quantitative estimate of drug-likeness (QED) is 0.797. The molecule has 2 rings (SSSR count). The SMILES string of the molecule is CC(C)(C)C(NC(=O)NC1CCC(O)CC1)c1ccc(F)cc1. The van der Waals surface area contributed by atoms with Gasteiger partial charge in [-0.15, -0.1) is 0 Å². The van der Waals surface area contributed by atoms with Crippen molar-refractivity contribution in [2.45, 2.75) is 64.6 Å². The fraction of sp³-hybridized carbons (Fsp3) is 0.611. The molecule has 0 spiro atoms. The molecule has 1 fully saturated rings. The number of hydrogen-bond acceptors (Lipinski definition) is 2. The Morgan fingerprint density at radius 2 is 1.74 bits per heavy atom. The molecule has 1 aliphatic rings. The average molecular weight is 322 g/mol. The number of urea groups is 1. The van der Waals surface area contributed by atoms with E-state index in [1.54, 1.807) is 12.1 Å². The smallest absolute Gasteiger partial charge is 0.315 e. The van der Waals surface area contributed by atoms with E-state index in [0.717, 1.165) is 31.2 Å². The van der Waals surface area contributed by atoms with E-state index in [0.29, 0.717) is 0 Å². The van der Waals surface area contributed by atoms with E-state index in [9.17, 15) is 14.3 Å². The number of rotatable bonds is 3. The molecule has 0 heterocycles. The van der Waals surface area contributed by atoms with Gasteiger partial charge in [-0.05, 0) is 48.8 Å². The number of carbonyl (C=O) groups is 1. The molecule has 3 N–H and O–H groups in total. The first-order chi connectivity index (χ1) is 10.8. The Morgan fingerprint density at radius 3 is 2.26 bits per heavy atom. The summed E-state index contributed by atoms with van der Waals surface area (Å²) in [5.41, 5.74) is 0.686. The maximum atomic E-state index is 13.1. The molecule has 1 aromatic rings. The average Bonchev–Trinajstić information content (AvgIpc) is 2.47. The van der Waals surface area contributed by atoms with Crippen LogP contribution in [0.25, 0.3) is 0 Å². The van der Waals surface area contributed by atoms with Gasteiger partial charge in [-0.2, -0.15) is 0 Å². The van der Waals surface area contributed by atoms with Gasteiger partial charge < -0.3 is 15.7 Å². The zero-order valence-electron chi connectivity index (χ0n) is 14.1.